The average Bonchev–Trinajstić information content (AvgIpc) is 2.55. The second-order valence-electron chi connectivity index (χ2n) is 5.01. The van der Waals surface area contributed by atoms with Crippen molar-refractivity contribution in [3.63, 3.8) is 0 Å². The van der Waals surface area contributed by atoms with E-state index in [0.29, 0.717) is 0 Å². The number of hydrogen-bond donors (Lipinski definition) is 1. The molecule has 0 aliphatic rings. The highest BCUT2D eigenvalue weighted by Gasteiger charge is 2.05. The van der Waals surface area contributed by atoms with E-state index in [4.69, 9.17) is 11.6 Å². The number of halogens is 1. The Kier molecular flexibility index (Phi) is 4.07. The summed E-state index contributed by atoms with van der Waals surface area (Å²) in [5, 5.41) is 5.19. The number of rotatable bonds is 4. The van der Waals surface area contributed by atoms with Crippen LogP contribution in [0.4, 0.5) is 5.69 Å². The van der Waals surface area contributed by atoms with Crippen LogP contribution in [0, 0.1) is 0 Å². The van der Waals surface area contributed by atoms with Gasteiger partial charge in [0, 0.05) is 28.8 Å². The Morgan fingerprint density at radius 3 is 2.62 bits per heavy atom. The summed E-state index contributed by atoms with van der Waals surface area (Å²) in [5.41, 5.74) is 4.57. The van der Waals surface area contributed by atoms with Crippen LogP contribution in [-0.2, 0) is 13.0 Å². The van der Waals surface area contributed by atoms with E-state index in [0.717, 1.165) is 40.1 Å². The highest BCUT2D eigenvalue weighted by molar-refractivity contribution is 6.35. The lowest BCUT2D eigenvalue weighted by Gasteiger charge is -2.10. The summed E-state index contributed by atoms with van der Waals surface area (Å²) in [6.07, 6.45) is 2.87. The summed E-state index contributed by atoms with van der Waals surface area (Å²) in [4.78, 5) is 4.46. The molecule has 0 aliphatic heterocycles. The molecule has 2 aromatic carbocycles. The predicted octanol–water partition coefficient (Wildman–Crippen LogP) is 5.06. The van der Waals surface area contributed by atoms with Gasteiger partial charge in [-0.3, -0.25) is 4.98 Å². The third kappa shape index (κ3) is 3.01. The number of aryl methyl sites for hydroxylation is 1. The number of hydrogen-bond acceptors (Lipinski definition) is 2. The molecule has 3 rings (SSSR count). The van der Waals surface area contributed by atoms with Gasteiger partial charge in [-0.15, -0.1) is 0 Å². The zero-order valence-corrected chi connectivity index (χ0v) is 12.7. The van der Waals surface area contributed by atoms with E-state index >= 15 is 0 Å². The van der Waals surface area contributed by atoms with E-state index < -0.39 is 0 Å². The Morgan fingerprint density at radius 1 is 1.05 bits per heavy atom. The first-order valence-electron chi connectivity index (χ1n) is 7.13. The molecule has 0 aliphatic carbocycles. The standard InChI is InChI=1S/C18H17ClN2/c1-2-13-5-8-15(9-6-13)21-12-14-7-10-17(19)16-4-3-11-20-18(14)16/h3-11,21H,2,12H2,1H3. The fourth-order valence-electron chi connectivity index (χ4n) is 2.39. The van der Waals surface area contributed by atoms with Crippen LogP contribution in [0.1, 0.15) is 18.1 Å². The Morgan fingerprint density at radius 2 is 1.86 bits per heavy atom. The van der Waals surface area contributed by atoms with Gasteiger partial charge in [0.15, 0.2) is 0 Å². The minimum Gasteiger partial charge on any atom is -0.381 e. The molecule has 0 saturated carbocycles. The molecule has 3 aromatic rings. The molecule has 106 valence electrons. The van der Waals surface area contributed by atoms with E-state index in [1.54, 1.807) is 6.20 Å². The lowest BCUT2D eigenvalue weighted by molar-refractivity contribution is 1.12. The Labute approximate surface area is 129 Å². The van der Waals surface area contributed by atoms with Crippen molar-refractivity contribution in [2.45, 2.75) is 19.9 Å². The molecule has 1 heterocycles. The number of aromatic nitrogens is 1. The zero-order valence-electron chi connectivity index (χ0n) is 11.9. The number of anilines is 1. The van der Waals surface area contributed by atoms with Crippen LogP contribution in [0.5, 0.6) is 0 Å². The smallest absolute Gasteiger partial charge is 0.0766 e. The van der Waals surface area contributed by atoms with Gasteiger partial charge in [-0.2, -0.15) is 0 Å². The SMILES string of the molecule is CCc1ccc(NCc2ccc(Cl)c3cccnc23)cc1. The monoisotopic (exact) mass is 296 g/mol. The maximum Gasteiger partial charge on any atom is 0.0766 e. The Hall–Kier alpha value is -2.06. The Bertz CT molecular complexity index is 751. The van der Waals surface area contributed by atoms with Crippen molar-refractivity contribution < 1.29 is 0 Å². The summed E-state index contributed by atoms with van der Waals surface area (Å²) < 4.78 is 0. The third-order valence-electron chi connectivity index (χ3n) is 3.65. The van der Waals surface area contributed by atoms with Crippen molar-refractivity contribution >= 4 is 28.2 Å². The van der Waals surface area contributed by atoms with E-state index in [1.165, 1.54) is 5.56 Å². The first-order chi connectivity index (χ1) is 10.3. The molecule has 1 N–H and O–H groups in total. The van der Waals surface area contributed by atoms with Crippen molar-refractivity contribution in [2.24, 2.45) is 0 Å². The lowest BCUT2D eigenvalue weighted by atomic mass is 10.1. The molecule has 0 amide bonds. The molecule has 3 heteroatoms. The molecular weight excluding hydrogens is 280 g/mol. The van der Waals surface area contributed by atoms with Gasteiger partial charge >= 0.3 is 0 Å². The third-order valence-corrected chi connectivity index (χ3v) is 3.97. The average molecular weight is 297 g/mol. The fraction of sp³-hybridized carbons (Fsp3) is 0.167. The highest BCUT2D eigenvalue weighted by atomic mass is 35.5. The van der Waals surface area contributed by atoms with E-state index in [-0.39, 0.29) is 0 Å². The molecule has 0 radical (unpaired) electrons. The molecule has 0 fully saturated rings. The molecule has 21 heavy (non-hydrogen) atoms. The normalized spacial score (nSPS) is 10.8. The van der Waals surface area contributed by atoms with Gasteiger partial charge in [-0.25, -0.2) is 0 Å². The maximum atomic E-state index is 6.22. The van der Waals surface area contributed by atoms with Crippen molar-refractivity contribution in [1.29, 1.82) is 0 Å². The first kappa shape index (κ1) is 13.9. The summed E-state index contributed by atoms with van der Waals surface area (Å²) in [5.74, 6) is 0. The van der Waals surface area contributed by atoms with E-state index in [1.807, 2.05) is 24.3 Å². The topological polar surface area (TPSA) is 24.9 Å². The maximum absolute atomic E-state index is 6.22. The van der Waals surface area contributed by atoms with Crippen LogP contribution in [0.3, 0.4) is 0 Å². The number of benzene rings is 2. The van der Waals surface area contributed by atoms with Crippen molar-refractivity contribution in [3.8, 4) is 0 Å². The summed E-state index contributed by atoms with van der Waals surface area (Å²) in [6.45, 7) is 2.89. The number of nitrogens with one attached hydrogen (secondary N) is 1. The first-order valence-corrected chi connectivity index (χ1v) is 7.50. The zero-order chi connectivity index (χ0) is 14.7. The number of pyridine rings is 1. The van der Waals surface area contributed by atoms with Crippen LogP contribution in [0.2, 0.25) is 5.02 Å². The van der Waals surface area contributed by atoms with E-state index in [2.05, 4.69) is 41.5 Å². The van der Waals surface area contributed by atoms with Gasteiger partial charge < -0.3 is 5.32 Å². The minimum absolute atomic E-state index is 0.732. The van der Waals surface area contributed by atoms with Crippen LogP contribution in [-0.4, -0.2) is 4.98 Å². The van der Waals surface area contributed by atoms with Crippen LogP contribution in [0.25, 0.3) is 10.9 Å². The summed E-state index contributed by atoms with van der Waals surface area (Å²) in [7, 11) is 0. The Balaban J connectivity index is 1.83. The van der Waals surface area contributed by atoms with Crippen LogP contribution >= 0.6 is 11.6 Å². The molecule has 0 unspecified atom stereocenters. The molecule has 0 atom stereocenters. The van der Waals surface area contributed by atoms with Gasteiger partial charge in [0.25, 0.3) is 0 Å². The minimum atomic E-state index is 0.732. The number of fused-ring (bicyclic) bond motifs is 1. The molecule has 0 saturated heterocycles. The quantitative estimate of drug-likeness (QED) is 0.727. The van der Waals surface area contributed by atoms with Gasteiger partial charge in [-0.1, -0.05) is 36.7 Å². The van der Waals surface area contributed by atoms with Crippen molar-refractivity contribution in [1.82, 2.24) is 4.98 Å². The van der Waals surface area contributed by atoms with Gasteiger partial charge in [0.1, 0.15) is 0 Å². The second-order valence-corrected chi connectivity index (χ2v) is 5.42. The summed E-state index contributed by atoms with van der Waals surface area (Å²) in [6, 6.07) is 16.4. The van der Waals surface area contributed by atoms with Gasteiger partial charge in [0.05, 0.1) is 5.52 Å². The molecule has 2 nitrogen and oxygen atoms in total. The van der Waals surface area contributed by atoms with Crippen LogP contribution in [0.15, 0.2) is 54.7 Å². The highest BCUT2D eigenvalue weighted by Crippen LogP contribution is 2.25. The summed E-state index contributed by atoms with van der Waals surface area (Å²) >= 11 is 6.22. The fourth-order valence-corrected chi connectivity index (χ4v) is 2.61. The van der Waals surface area contributed by atoms with Gasteiger partial charge in [-0.05, 0) is 47.9 Å². The molecule has 0 bridgehead atoms. The number of nitrogens with zero attached hydrogens (tertiary/aromatic N) is 1. The molecular formula is C18H17ClN2. The van der Waals surface area contributed by atoms with Gasteiger partial charge in [0.2, 0.25) is 0 Å². The van der Waals surface area contributed by atoms with Crippen molar-refractivity contribution in [2.75, 3.05) is 5.32 Å². The largest absolute Gasteiger partial charge is 0.381 e. The second kappa shape index (κ2) is 6.15. The van der Waals surface area contributed by atoms with Crippen molar-refractivity contribution in [3.05, 3.63) is 70.9 Å². The molecule has 0 spiro atoms. The molecule has 1 aromatic heterocycles. The van der Waals surface area contributed by atoms with E-state index in [9.17, 15) is 0 Å². The predicted molar refractivity (Wildman–Crippen MR) is 89.9 cm³/mol. The van der Waals surface area contributed by atoms with Crippen LogP contribution < -0.4 is 5.32 Å². The lowest BCUT2D eigenvalue weighted by Crippen LogP contribution is -2.01.